The number of halogens is 1. The van der Waals surface area contributed by atoms with Gasteiger partial charge < -0.3 is 0 Å². The Morgan fingerprint density at radius 2 is 2.00 bits per heavy atom. The Morgan fingerprint density at radius 1 is 1.29 bits per heavy atom. The second-order valence-electron chi connectivity index (χ2n) is 3.30. The monoisotopic (exact) mass is 236 g/mol. The molecular weight excluding hydrogens is 231 g/mol. The normalized spacial score (nSPS) is 14.5. The van der Waals surface area contributed by atoms with Crippen LogP contribution < -0.4 is 5.32 Å². The van der Waals surface area contributed by atoms with E-state index < -0.39 is 28.2 Å². The van der Waals surface area contributed by atoms with Crippen LogP contribution in [0.5, 0.6) is 0 Å². The van der Waals surface area contributed by atoms with Gasteiger partial charge in [0.1, 0.15) is 0 Å². The van der Waals surface area contributed by atoms with Crippen LogP contribution in [-0.4, -0.2) is 16.7 Å². The van der Waals surface area contributed by atoms with E-state index in [0.717, 1.165) is 18.2 Å². The summed E-state index contributed by atoms with van der Waals surface area (Å²) >= 11 is 0. The standard InChI is InChI=1S/C10H5FN2O4/c11-7-2-1-5(3-8(7)13(16)17)6-4-9(14)12-10(6)15/h1-4H,(H,12,14,15). The molecule has 0 unspecified atom stereocenters. The molecule has 0 saturated carbocycles. The smallest absolute Gasteiger partial charge is 0.289 e. The predicted octanol–water partition coefficient (Wildman–Crippen LogP) is 0.774. The molecule has 0 aromatic heterocycles. The first-order chi connectivity index (χ1) is 7.99. The molecule has 2 amide bonds. The summed E-state index contributed by atoms with van der Waals surface area (Å²) < 4.78 is 13.1. The lowest BCUT2D eigenvalue weighted by Gasteiger charge is -2.00. The van der Waals surface area contributed by atoms with E-state index in [4.69, 9.17) is 0 Å². The average Bonchev–Trinajstić information content (AvgIpc) is 2.58. The van der Waals surface area contributed by atoms with Crippen molar-refractivity contribution in [1.82, 2.24) is 5.32 Å². The maximum Gasteiger partial charge on any atom is 0.305 e. The number of rotatable bonds is 2. The van der Waals surface area contributed by atoms with Crippen LogP contribution in [0.3, 0.4) is 0 Å². The first kappa shape index (κ1) is 10.9. The van der Waals surface area contributed by atoms with Gasteiger partial charge in [0.25, 0.3) is 11.8 Å². The number of carbonyl (C=O) groups is 2. The number of nitro benzene ring substituents is 1. The van der Waals surface area contributed by atoms with Crippen LogP contribution >= 0.6 is 0 Å². The molecule has 0 radical (unpaired) electrons. The van der Waals surface area contributed by atoms with Crippen molar-refractivity contribution in [2.24, 2.45) is 0 Å². The number of imide groups is 1. The topological polar surface area (TPSA) is 89.3 Å². The van der Waals surface area contributed by atoms with Gasteiger partial charge in [0.2, 0.25) is 5.82 Å². The van der Waals surface area contributed by atoms with Gasteiger partial charge in [-0.25, -0.2) is 0 Å². The minimum Gasteiger partial charge on any atom is -0.289 e. The molecule has 2 rings (SSSR count). The third-order valence-electron chi connectivity index (χ3n) is 2.21. The van der Waals surface area contributed by atoms with Crippen molar-refractivity contribution in [3.8, 4) is 0 Å². The fraction of sp³-hybridized carbons (Fsp3) is 0. The molecular formula is C10H5FN2O4. The van der Waals surface area contributed by atoms with E-state index >= 15 is 0 Å². The summed E-state index contributed by atoms with van der Waals surface area (Å²) in [6, 6.07) is 3.00. The van der Waals surface area contributed by atoms with Gasteiger partial charge in [-0.05, 0) is 11.6 Å². The van der Waals surface area contributed by atoms with Gasteiger partial charge in [-0.2, -0.15) is 4.39 Å². The third kappa shape index (κ3) is 1.89. The molecule has 0 spiro atoms. The molecule has 0 atom stereocenters. The first-order valence-corrected chi connectivity index (χ1v) is 4.50. The quantitative estimate of drug-likeness (QED) is 0.466. The molecule has 1 heterocycles. The minimum absolute atomic E-state index is 0.0156. The zero-order valence-corrected chi connectivity index (χ0v) is 8.27. The molecule has 0 saturated heterocycles. The van der Waals surface area contributed by atoms with Gasteiger partial charge in [0, 0.05) is 12.1 Å². The Bertz CT molecular complexity index is 580. The van der Waals surface area contributed by atoms with Crippen LogP contribution in [0.4, 0.5) is 10.1 Å². The Hall–Kier alpha value is -2.57. The van der Waals surface area contributed by atoms with Crippen LogP contribution in [-0.2, 0) is 9.59 Å². The Morgan fingerprint density at radius 3 is 2.53 bits per heavy atom. The lowest BCUT2D eigenvalue weighted by Crippen LogP contribution is -2.21. The highest BCUT2D eigenvalue weighted by Crippen LogP contribution is 2.24. The molecule has 1 aromatic carbocycles. The van der Waals surface area contributed by atoms with Crippen molar-refractivity contribution in [2.75, 3.05) is 0 Å². The molecule has 1 aliphatic heterocycles. The van der Waals surface area contributed by atoms with Crippen LogP contribution in [0.25, 0.3) is 5.57 Å². The first-order valence-electron chi connectivity index (χ1n) is 4.50. The number of hydrogen-bond donors (Lipinski definition) is 1. The van der Waals surface area contributed by atoms with Crippen molar-refractivity contribution in [3.63, 3.8) is 0 Å². The van der Waals surface area contributed by atoms with Gasteiger partial charge in [-0.3, -0.25) is 25.0 Å². The SMILES string of the molecule is O=C1C=C(c2ccc(F)c([N+](=O)[O-])c2)C(=O)N1. The van der Waals surface area contributed by atoms with Crippen molar-refractivity contribution >= 4 is 23.1 Å². The highest BCUT2D eigenvalue weighted by Gasteiger charge is 2.24. The average molecular weight is 236 g/mol. The minimum atomic E-state index is -0.996. The molecule has 7 heteroatoms. The largest absolute Gasteiger partial charge is 0.305 e. The van der Waals surface area contributed by atoms with Crippen molar-refractivity contribution < 1.29 is 18.9 Å². The summed E-state index contributed by atoms with van der Waals surface area (Å²) in [5.74, 6) is -2.25. The van der Waals surface area contributed by atoms with E-state index in [-0.39, 0.29) is 11.1 Å². The molecule has 86 valence electrons. The highest BCUT2D eigenvalue weighted by atomic mass is 19.1. The maximum absolute atomic E-state index is 13.1. The van der Waals surface area contributed by atoms with Crippen molar-refractivity contribution in [2.45, 2.75) is 0 Å². The third-order valence-corrected chi connectivity index (χ3v) is 2.21. The lowest BCUT2D eigenvalue weighted by molar-refractivity contribution is -0.387. The Kier molecular flexibility index (Phi) is 2.43. The zero-order valence-electron chi connectivity index (χ0n) is 8.27. The summed E-state index contributed by atoms with van der Waals surface area (Å²) in [7, 11) is 0. The van der Waals surface area contributed by atoms with E-state index in [0.29, 0.717) is 0 Å². The molecule has 1 aromatic rings. The molecule has 1 N–H and O–H groups in total. The van der Waals surface area contributed by atoms with E-state index in [1.54, 1.807) is 0 Å². The van der Waals surface area contributed by atoms with Crippen LogP contribution in [0.1, 0.15) is 5.56 Å². The number of carbonyl (C=O) groups excluding carboxylic acids is 2. The maximum atomic E-state index is 13.1. The summed E-state index contributed by atoms with van der Waals surface area (Å²) in [5.41, 5.74) is -0.630. The fourth-order valence-electron chi connectivity index (χ4n) is 1.45. The highest BCUT2D eigenvalue weighted by molar-refractivity contribution is 6.33. The molecule has 1 aliphatic rings. The number of hydrogen-bond acceptors (Lipinski definition) is 4. The summed E-state index contributed by atoms with van der Waals surface area (Å²) in [5, 5.41) is 12.5. The fourth-order valence-corrected chi connectivity index (χ4v) is 1.45. The number of nitrogens with one attached hydrogen (secondary N) is 1. The van der Waals surface area contributed by atoms with Gasteiger partial charge in [-0.1, -0.05) is 6.07 Å². The van der Waals surface area contributed by atoms with E-state index in [9.17, 15) is 24.1 Å². The van der Waals surface area contributed by atoms with Gasteiger partial charge >= 0.3 is 5.69 Å². The van der Waals surface area contributed by atoms with Gasteiger partial charge in [0.15, 0.2) is 0 Å². The van der Waals surface area contributed by atoms with Gasteiger partial charge in [-0.15, -0.1) is 0 Å². The van der Waals surface area contributed by atoms with E-state index in [2.05, 4.69) is 0 Å². The number of nitrogens with zero attached hydrogens (tertiary/aromatic N) is 1. The number of amides is 2. The summed E-state index contributed by atoms with van der Waals surface area (Å²) in [6.07, 6.45) is 1.01. The molecule has 6 nitrogen and oxygen atoms in total. The van der Waals surface area contributed by atoms with Crippen molar-refractivity contribution in [1.29, 1.82) is 0 Å². The summed E-state index contributed by atoms with van der Waals surface area (Å²) in [6.45, 7) is 0. The molecule has 0 bridgehead atoms. The van der Waals surface area contributed by atoms with Crippen LogP contribution in [0.2, 0.25) is 0 Å². The van der Waals surface area contributed by atoms with Crippen LogP contribution in [0.15, 0.2) is 24.3 Å². The Labute approximate surface area is 93.9 Å². The number of nitro groups is 1. The lowest BCUT2D eigenvalue weighted by atomic mass is 10.1. The molecule has 17 heavy (non-hydrogen) atoms. The molecule has 0 fully saturated rings. The molecule has 0 aliphatic carbocycles. The summed E-state index contributed by atoms with van der Waals surface area (Å²) in [4.78, 5) is 31.8. The second kappa shape index (κ2) is 3.78. The van der Waals surface area contributed by atoms with Gasteiger partial charge in [0.05, 0.1) is 10.5 Å². The number of benzene rings is 1. The van der Waals surface area contributed by atoms with Crippen molar-refractivity contribution in [3.05, 3.63) is 45.8 Å². The van der Waals surface area contributed by atoms with Crippen LogP contribution in [0, 0.1) is 15.9 Å². The van der Waals surface area contributed by atoms with E-state index in [1.165, 1.54) is 6.07 Å². The zero-order chi connectivity index (χ0) is 12.6. The Balaban J connectivity index is 2.51. The predicted molar refractivity (Wildman–Crippen MR) is 54.2 cm³/mol. The second-order valence-corrected chi connectivity index (χ2v) is 3.30. The van der Waals surface area contributed by atoms with E-state index in [1.807, 2.05) is 5.32 Å².